The van der Waals surface area contributed by atoms with Gasteiger partial charge in [0.2, 0.25) is 12.7 Å². The first-order valence-corrected chi connectivity index (χ1v) is 8.17. The molecule has 0 spiro atoms. The van der Waals surface area contributed by atoms with Crippen LogP contribution in [0, 0.1) is 0 Å². The van der Waals surface area contributed by atoms with Crippen molar-refractivity contribution < 1.29 is 9.47 Å². The first-order chi connectivity index (χ1) is 11.7. The number of hydrogen-bond acceptors (Lipinski definition) is 7. The largest absolute Gasteiger partial charge is 0.454 e. The van der Waals surface area contributed by atoms with Gasteiger partial charge in [-0.25, -0.2) is 9.97 Å². The van der Waals surface area contributed by atoms with Gasteiger partial charge in [-0.1, -0.05) is 6.07 Å². The molecule has 0 bridgehead atoms. The Kier molecular flexibility index (Phi) is 3.86. The molecule has 0 amide bonds. The number of ether oxygens (including phenoxy) is 2. The Morgan fingerprint density at radius 1 is 1.04 bits per heavy atom. The van der Waals surface area contributed by atoms with Gasteiger partial charge in [0.1, 0.15) is 0 Å². The first-order valence-electron chi connectivity index (χ1n) is 8.17. The lowest BCUT2D eigenvalue weighted by Gasteiger charge is -2.38. The van der Waals surface area contributed by atoms with Gasteiger partial charge in [0.15, 0.2) is 11.5 Å². The molecule has 2 aliphatic rings. The Hall–Kier alpha value is -2.54. The molecule has 2 aromatic rings. The molecule has 3 heterocycles. The van der Waals surface area contributed by atoms with E-state index in [-0.39, 0.29) is 0 Å². The SMILES string of the molecule is C[C@H](c1ccc2c(c1)OCO2)N1CCN(c2ncc(N)cn2)CC1. The molecular formula is C17H21N5O2. The van der Waals surface area contributed by atoms with Crippen molar-refractivity contribution in [2.75, 3.05) is 43.6 Å². The molecule has 0 radical (unpaired) electrons. The number of benzene rings is 1. The van der Waals surface area contributed by atoms with E-state index in [1.807, 2.05) is 6.07 Å². The van der Waals surface area contributed by atoms with E-state index in [1.54, 1.807) is 12.4 Å². The zero-order valence-electron chi connectivity index (χ0n) is 13.7. The van der Waals surface area contributed by atoms with Gasteiger partial charge >= 0.3 is 0 Å². The average molecular weight is 327 g/mol. The predicted molar refractivity (Wildman–Crippen MR) is 91.2 cm³/mol. The van der Waals surface area contributed by atoms with Gasteiger partial charge in [0.05, 0.1) is 18.1 Å². The molecule has 1 aromatic carbocycles. The van der Waals surface area contributed by atoms with Crippen LogP contribution in [-0.2, 0) is 0 Å². The number of nitrogens with zero attached hydrogens (tertiary/aromatic N) is 4. The monoisotopic (exact) mass is 327 g/mol. The second-order valence-electron chi connectivity index (χ2n) is 6.13. The van der Waals surface area contributed by atoms with Crippen LogP contribution in [0.2, 0.25) is 0 Å². The first kappa shape index (κ1) is 15.0. The van der Waals surface area contributed by atoms with Gasteiger partial charge in [-0.3, -0.25) is 4.90 Å². The number of nitrogens with two attached hydrogens (primary N) is 1. The smallest absolute Gasteiger partial charge is 0.231 e. The minimum absolute atomic E-state index is 0.313. The number of rotatable bonds is 3. The van der Waals surface area contributed by atoms with E-state index in [1.165, 1.54) is 5.56 Å². The molecule has 0 unspecified atom stereocenters. The summed E-state index contributed by atoms with van der Waals surface area (Å²) in [5.74, 6) is 2.42. The molecular weight excluding hydrogens is 306 g/mol. The third kappa shape index (κ3) is 2.82. The molecule has 24 heavy (non-hydrogen) atoms. The average Bonchev–Trinajstić information content (AvgIpc) is 3.09. The third-order valence-corrected chi connectivity index (χ3v) is 4.68. The lowest BCUT2D eigenvalue weighted by atomic mass is 10.1. The maximum Gasteiger partial charge on any atom is 0.231 e. The van der Waals surface area contributed by atoms with E-state index in [2.05, 4.69) is 38.8 Å². The minimum Gasteiger partial charge on any atom is -0.454 e. The van der Waals surface area contributed by atoms with E-state index in [0.717, 1.165) is 43.6 Å². The fourth-order valence-electron chi connectivity index (χ4n) is 3.19. The maximum absolute atomic E-state index is 5.65. The van der Waals surface area contributed by atoms with E-state index in [0.29, 0.717) is 18.5 Å². The van der Waals surface area contributed by atoms with Gasteiger partial charge in [-0.05, 0) is 24.6 Å². The highest BCUT2D eigenvalue weighted by Gasteiger charge is 2.24. The normalized spacial score (nSPS) is 18.6. The zero-order valence-corrected chi connectivity index (χ0v) is 13.7. The van der Waals surface area contributed by atoms with Gasteiger partial charge in [-0.15, -0.1) is 0 Å². The Morgan fingerprint density at radius 2 is 1.75 bits per heavy atom. The van der Waals surface area contributed by atoms with Crippen LogP contribution < -0.4 is 20.1 Å². The lowest BCUT2D eigenvalue weighted by Crippen LogP contribution is -2.47. The Bertz CT molecular complexity index is 713. The van der Waals surface area contributed by atoms with Crippen molar-refractivity contribution in [1.29, 1.82) is 0 Å². The van der Waals surface area contributed by atoms with Crippen molar-refractivity contribution in [2.45, 2.75) is 13.0 Å². The predicted octanol–water partition coefficient (Wildman–Crippen LogP) is 1.67. The summed E-state index contributed by atoms with van der Waals surface area (Å²) in [7, 11) is 0. The molecule has 0 saturated carbocycles. The standard InChI is InChI=1S/C17H21N5O2/c1-12(13-2-3-15-16(8-13)24-11-23-15)21-4-6-22(7-5-21)17-19-9-14(18)10-20-17/h2-3,8-10,12H,4-7,11,18H2,1H3/t12-/m1/s1. The van der Waals surface area contributed by atoms with E-state index in [9.17, 15) is 0 Å². The van der Waals surface area contributed by atoms with Crippen LogP contribution in [0.5, 0.6) is 11.5 Å². The highest BCUT2D eigenvalue weighted by Crippen LogP contribution is 2.35. The summed E-state index contributed by atoms with van der Waals surface area (Å²) in [5, 5.41) is 0. The summed E-state index contributed by atoms with van der Waals surface area (Å²) in [4.78, 5) is 13.3. The van der Waals surface area contributed by atoms with Crippen LogP contribution in [0.3, 0.4) is 0 Å². The third-order valence-electron chi connectivity index (χ3n) is 4.68. The van der Waals surface area contributed by atoms with Gasteiger partial charge < -0.3 is 20.1 Å². The summed E-state index contributed by atoms with van der Waals surface area (Å²) in [6, 6.07) is 6.52. The summed E-state index contributed by atoms with van der Waals surface area (Å²) < 4.78 is 10.9. The fraction of sp³-hybridized carbons (Fsp3) is 0.412. The second-order valence-corrected chi connectivity index (χ2v) is 6.13. The summed E-state index contributed by atoms with van der Waals surface area (Å²) in [6.45, 7) is 6.27. The van der Waals surface area contributed by atoms with Crippen molar-refractivity contribution in [3.63, 3.8) is 0 Å². The van der Waals surface area contributed by atoms with Crippen LogP contribution in [-0.4, -0.2) is 47.8 Å². The Balaban J connectivity index is 1.41. The number of fused-ring (bicyclic) bond motifs is 1. The van der Waals surface area contributed by atoms with Gasteiger partial charge in [-0.2, -0.15) is 0 Å². The number of hydrogen-bond donors (Lipinski definition) is 1. The molecule has 1 atom stereocenters. The molecule has 2 aliphatic heterocycles. The van der Waals surface area contributed by atoms with E-state index < -0.39 is 0 Å². The number of piperazine rings is 1. The molecule has 0 aliphatic carbocycles. The summed E-state index contributed by atoms with van der Waals surface area (Å²) in [5.41, 5.74) is 7.49. The highest BCUT2D eigenvalue weighted by atomic mass is 16.7. The fourth-order valence-corrected chi connectivity index (χ4v) is 3.19. The van der Waals surface area contributed by atoms with Crippen LogP contribution in [0.1, 0.15) is 18.5 Å². The molecule has 126 valence electrons. The Labute approximate surface area is 141 Å². The number of anilines is 2. The Morgan fingerprint density at radius 3 is 2.50 bits per heavy atom. The van der Waals surface area contributed by atoms with Crippen molar-refractivity contribution in [1.82, 2.24) is 14.9 Å². The molecule has 4 rings (SSSR count). The molecule has 2 N–H and O–H groups in total. The number of aromatic nitrogens is 2. The van der Waals surface area contributed by atoms with Crippen molar-refractivity contribution in [3.05, 3.63) is 36.2 Å². The van der Waals surface area contributed by atoms with Crippen molar-refractivity contribution >= 4 is 11.6 Å². The zero-order chi connectivity index (χ0) is 16.5. The lowest BCUT2D eigenvalue weighted by molar-refractivity contribution is 0.173. The molecule has 1 saturated heterocycles. The van der Waals surface area contributed by atoms with Crippen molar-refractivity contribution in [3.8, 4) is 11.5 Å². The van der Waals surface area contributed by atoms with Crippen LogP contribution in [0.15, 0.2) is 30.6 Å². The summed E-state index contributed by atoms with van der Waals surface area (Å²) >= 11 is 0. The topological polar surface area (TPSA) is 76.7 Å². The molecule has 1 fully saturated rings. The number of nitrogen functional groups attached to an aromatic ring is 1. The van der Waals surface area contributed by atoms with Crippen LogP contribution in [0.4, 0.5) is 11.6 Å². The molecule has 1 aromatic heterocycles. The molecule has 7 heteroatoms. The van der Waals surface area contributed by atoms with E-state index >= 15 is 0 Å². The van der Waals surface area contributed by atoms with Gasteiger partial charge in [0.25, 0.3) is 0 Å². The minimum atomic E-state index is 0.313. The molecule has 7 nitrogen and oxygen atoms in total. The van der Waals surface area contributed by atoms with Crippen molar-refractivity contribution in [2.24, 2.45) is 0 Å². The highest BCUT2D eigenvalue weighted by molar-refractivity contribution is 5.45. The second kappa shape index (κ2) is 6.16. The van der Waals surface area contributed by atoms with Crippen LogP contribution in [0.25, 0.3) is 0 Å². The van der Waals surface area contributed by atoms with Crippen LogP contribution >= 0.6 is 0 Å². The van der Waals surface area contributed by atoms with E-state index in [4.69, 9.17) is 15.2 Å². The maximum atomic E-state index is 5.65. The quantitative estimate of drug-likeness (QED) is 0.919. The van der Waals surface area contributed by atoms with Gasteiger partial charge in [0, 0.05) is 32.2 Å². The summed E-state index contributed by atoms with van der Waals surface area (Å²) in [6.07, 6.45) is 3.31.